The standard InChI is InChI=1S/C27H22N2O8S.Na.H/c30-25(31)22-13-11-21(12-14-22)23-15-16-29(24(23)26(32)36-17-19-7-3-1-4-8-19)38(34,35)28-27(33)37-18-20-9-5-2-6-10-20;;/h1-16H,17-18H2,(H,28,33)(H,30,31);;/q;+1;-1. The summed E-state index contributed by atoms with van der Waals surface area (Å²) in [4.78, 5) is 36.7. The van der Waals surface area contributed by atoms with Crippen LogP contribution in [-0.4, -0.2) is 35.5 Å². The van der Waals surface area contributed by atoms with E-state index in [0.29, 0.717) is 20.7 Å². The third kappa shape index (κ3) is 7.58. The van der Waals surface area contributed by atoms with Crippen LogP contribution in [0.3, 0.4) is 0 Å². The van der Waals surface area contributed by atoms with Crippen LogP contribution >= 0.6 is 0 Å². The molecule has 39 heavy (non-hydrogen) atoms. The van der Waals surface area contributed by atoms with E-state index in [1.54, 1.807) is 65.4 Å². The Bertz CT molecular complexity index is 1560. The number of amides is 1. The molecule has 4 aromatic rings. The number of carbonyl (C=O) groups is 3. The van der Waals surface area contributed by atoms with Crippen molar-refractivity contribution in [2.75, 3.05) is 0 Å². The topological polar surface area (TPSA) is 141 Å². The molecule has 12 heteroatoms. The van der Waals surface area contributed by atoms with Gasteiger partial charge in [-0.3, -0.25) is 0 Å². The number of benzene rings is 3. The van der Waals surface area contributed by atoms with Crippen molar-refractivity contribution in [2.24, 2.45) is 0 Å². The third-order valence-corrected chi connectivity index (χ3v) is 6.63. The molecule has 0 aliphatic heterocycles. The van der Waals surface area contributed by atoms with E-state index in [1.165, 1.54) is 30.3 Å². The van der Waals surface area contributed by atoms with Crippen LogP contribution in [0.4, 0.5) is 4.79 Å². The van der Waals surface area contributed by atoms with E-state index >= 15 is 0 Å². The maximum atomic E-state index is 13.2. The van der Waals surface area contributed by atoms with E-state index < -0.39 is 28.2 Å². The van der Waals surface area contributed by atoms with Crippen molar-refractivity contribution in [3.05, 3.63) is 120 Å². The maximum absolute atomic E-state index is 13.2. The minimum Gasteiger partial charge on any atom is -1.00 e. The first-order chi connectivity index (χ1) is 18.2. The van der Waals surface area contributed by atoms with Gasteiger partial charge in [-0.1, -0.05) is 72.8 Å². The van der Waals surface area contributed by atoms with E-state index in [2.05, 4.69) is 0 Å². The number of ether oxygens (including phenoxy) is 2. The molecule has 0 fully saturated rings. The van der Waals surface area contributed by atoms with E-state index in [0.717, 1.165) is 6.20 Å². The molecule has 3 aromatic carbocycles. The predicted molar refractivity (Wildman–Crippen MR) is 138 cm³/mol. The van der Waals surface area contributed by atoms with Gasteiger partial charge in [0.2, 0.25) is 0 Å². The Morgan fingerprint density at radius 2 is 1.33 bits per heavy atom. The Hall–Kier alpha value is -3.90. The Balaban J connectivity index is 0.00000280. The predicted octanol–water partition coefficient (Wildman–Crippen LogP) is 1.35. The largest absolute Gasteiger partial charge is 1.00 e. The fraction of sp³-hybridized carbons (Fsp3) is 0.0741. The molecule has 4 rings (SSSR count). The van der Waals surface area contributed by atoms with Gasteiger partial charge < -0.3 is 16.0 Å². The van der Waals surface area contributed by atoms with Gasteiger partial charge in [0, 0.05) is 11.8 Å². The summed E-state index contributed by atoms with van der Waals surface area (Å²) >= 11 is 0. The molecule has 2 N–H and O–H groups in total. The first kappa shape index (κ1) is 29.7. The van der Waals surface area contributed by atoms with Crippen molar-refractivity contribution in [3.63, 3.8) is 0 Å². The van der Waals surface area contributed by atoms with E-state index in [4.69, 9.17) is 14.6 Å². The quantitative estimate of drug-likeness (QED) is 0.232. The van der Waals surface area contributed by atoms with Crippen LogP contribution in [0.25, 0.3) is 11.1 Å². The number of nitrogens with zero attached hydrogens (tertiary/aromatic N) is 1. The van der Waals surface area contributed by atoms with Gasteiger partial charge in [-0.15, -0.1) is 0 Å². The number of esters is 1. The van der Waals surface area contributed by atoms with Gasteiger partial charge in [0.15, 0.2) is 5.69 Å². The Kier molecular flexibility index (Phi) is 10.1. The summed E-state index contributed by atoms with van der Waals surface area (Å²) in [5.74, 6) is -2.11. The third-order valence-electron chi connectivity index (χ3n) is 5.39. The van der Waals surface area contributed by atoms with Gasteiger partial charge >= 0.3 is 57.8 Å². The minimum atomic E-state index is -4.63. The molecular formula is C27H23N2NaO8S. The summed E-state index contributed by atoms with van der Waals surface area (Å²) in [6.45, 7) is -0.296. The van der Waals surface area contributed by atoms with Crippen LogP contribution in [0.5, 0.6) is 0 Å². The summed E-state index contributed by atoms with van der Waals surface area (Å²) in [6, 6.07) is 24.3. The first-order valence-electron chi connectivity index (χ1n) is 11.2. The molecular weight excluding hydrogens is 535 g/mol. The van der Waals surface area contributed by atoms with Crippen LogP contribution in [0, 0.1) is 0 Å². The van der Waals surface area contributed by atoms with E-state index in [1.807, 2.05) is 0 Å². The number of carboxylic acids is 1. The summed E-state index contributed by atoms with van der Waals surface area (Å²) < 4.78 is 39.0. The average molecular weight is 559 g/mol. The normalized spacial score (nSPS) is 10.7. The van der Waals surface area contributed by atoms with Crippen LogP contribution in [0.1, 0.15) is 33.4 Å². The molecule has 1 heterocycles. The Morgan fingerprint density at radius 1 is 0.795 bits per heavy atom. The van der Waals surface area contributed by atoms with Crippen molar-refractivity contribution in [1.29, 1.82) is 0 Å². The molecule has 0 spiro atoms. The second-order valence-electron chi connectivity index (χ2n) is 7.99. The van der Waals surface area contributed by atoms with Gasteiger partial charge in [0.05, 0.1) is 5.56 Å². The number of carbonyl (C=O) groups excluding carboxylic acids is 2. The molecule has 0 atom stereocenters. The van der Waals surface area contributed by atoms with Crippen molar-refractivity contribution in [3.8, 4) is 11.1 Å². The SMILES string of the molecule is O=C(NS(=O)(=O)n1ccc(-c2ccc(C(=O)O)cc2)c1C(=O)OCc1ccccc1)OCc1ccccc1.[H-].[Na+]. The molecule has 0 bridgehead atoms. The van der Waals surface area contributed by atoms with Gasteiger partial charge in [-0.05, 0) is 34.9 Å². The Labute approximate surface area is 248 Å². The molecule has 0 radical (unpaired) electrons. The number of aromatic nitrogens is 1. The van der Waals surface area contributed by atoms with Crippen molar-refractivity contribution in [1.82, 2.24) is 8.69 Å². The molecule has 1 amide bonds. The Morgan fingerprint density at radius 3 is 1.87 bits per heavy atom. The van der Waals surface area contributed by atoms with Gasteiger partial charge in [-0.25, -0.2) is 23.1 Å². The molecule has 0 aliphatic carbocycles. The van der Waals surface area contributed by atoms with Crippen molar-refractivity contribution >= 4 is 28.2 Å². The summed E-state index contributed by atoms with van der Waals surface area (Å²) in [5, 5.41) is 9.17. The molecule has 0 unspecified atom stereocenters. The summed E-state index contributed by atoms with van der Waals surface area (Å²) in [5.41, 5.74) is 1.48. The zero-order chi connectivity index (χ0) is 27.1. The number of aromatic carboxylic acids is 1. The van der Waals surface area contributed by atoms with Crippen LogP contribution in [0.15, 0.2) is 97.2 Å². The molecule has 0 saturated heterocycles. The van der Waals surface area contributed by atoms with Crippen molar-refractivity contribution in [2.45, 2.75) is 13.2 Å². The molecule has 0 aliphatic rings. The van der Waals surface area contributed by atoms with Gasteiger partial charge in [0.25, 0.3) is 0 Å². The number of hydrogen-bond donors (Lipinski definition) is 2. The minimum absolute atomic E-state index is 0. The number of nitrogens with one attached hydrogen (secondary N) is 1. The second kappa shape index (κ2) is 13.3. The van der Waals surface area contributed by atoms with Gasteiger partial charge in [-0.2, -0.15) is 8.42 Å². The average Bonchev–Trinajstić information content (AvgIpc) is 3.38. The molecule has 1 aromatic heterocycles. The van der Waals surface area contributed by atoms with Crippen LogP contribution < -0.4 is 34.3 Å². The van der Waals surface area contributed by atoms with Gasteiger partial charge in [0.1, 0.15) is 13.2 Å². The van der Waals surface area contributed by atoms with E-state index in [-0.39, 0.29) is 61.0 Å². The van der Waals surface area contributed by atoms with Crippen molar-refractivity contribution < 1.29 is 68.4 Å². The molecule has 0 saturated carbocycles. The number of carboxylic acid groups (broad SMARTS) is 1. The monoisotopic (exact) mass is 558 g/mol. The fourth-order valence-electron chi connectivity index (χ4n) is 3.54. The number of rotatable bonds is 9. The molecule has 10 nitrogen and oxygen atoms in total. The first-order valence-corrected chi connectivity index (χ1v) is 12.7. The van der Waals surface area contributed by atoms with Crippen LogP contribution in [0.2, 0.25) is 0 Å². The summed E-state index contributed by atoms with van der Waals surface area (Å²) in [6.07, 6.45) is -0.148. The molecule has 196 valence electrons. The second-order valence-corrected chi connectivity index (χ2v) is 9.53. The summed E-state index contributed by atoms with van der Waals surface area (Å²) in [7, 11) is -4.63. The maximum Gasteiger partial charge on any atom is 1.00 e. The zero-order valence-electron chi connectivity index (χ0n) is 21.8. The number of hydrogen-bond acceptors (Lipinski definition) is 7. The smallest absolute Gasteiger partial charge is 1.00 e. The fourth-order valence-corrected chi connectivity index (χ4v) is 4.54. The zero-order valence-corrected chi connectivity index (χ0v) is 23.6. The van der Waals surface area contributed by atoms with Crippen LogP contribution in [-0.2, 0) is 32.9 Å². The van der Waals surface area contributed by atoms with E-state index in [9.17, 15) is 22.8 Å².